The molecular weight excluding hydrogens is 336 g/mol. The third kappa shape index (κ3) is 3.28. The predicted molar refractivity (Wildman–Crippen MR) is 107 cm³/mol. The molecule has 3 fully saturated rings. The van der Waals surface area contributed by atoms with Gasteiger partial charge in [0.25, 0.3) is 0 Å². The van der Waals surface area contributed by atoms with E-state index in [9.17, 15) is 0 Å². The Morgan fingerprint density at radius 3 is 2.96 bits per heavy atom. The van der Waals surface area contributed by atoms with Gasteiger partial charge in [-0.05, 0) is 55.5 Å². The lowest BCUT2D eigenvalue weighted by Gasteiger charge is -2.50. The predicted octanol–water partition coefficient (Wildman–Crippen LogP) is 4.18. The summed E-state index contributed by atoms with van der Waals surface area (Å²) >= 11 is 0. The van der Waals surface area contributed by atoms with Crippen molar-refractivity contribution in [3.63, 3.8) is 0 Å². The van der Waals surface area contributed by atoms with Crippen LogP contribution in [0.3, 0.4) is 0 Å². The minimum atomic E-state index is -0.108. The summed E-state index contributed by atoms with van der Waals surface area (Å²) in [4.78, 5) is 7.08. The van der Waals surface area contributed by atoms with E-state index in [-0.39, 0.29) is 6.10 Å². The third-order valence-electron chi connectivity index (χ3n) is 6.08. The summed E-state index contributed by atoms with van der Waals surface area (Å²) in [7, 11) is 1.69. The fourth-order valence-corrected chi connectivity index (χ4v) is 4.69. The average Bonchev–Trinajstić information content (AvgIpc) is 2.74. The first-order valence-corrected chi connectivity index (χ1v) is 9.61. The number of hydrogen-bond acceptors (Lipinski definition) is 4. The smallest absolute Gasteiger partial charge is 0.152 e. The van der Waals surface area contributed by atoms with E-state index in [4.69, 9.17) is 9.47 Å². The Balaban J connectivity index is 1.76. The van der Waals surface area contributed by atoms with Gasteiger partial charge in [-0.15, -0.1) is 6.58 Å². The van der Waals surface area contributed by atoms with E-state index in [1.54, 1.807) is 7.11 Å². The van der Waals surface area contributed by atoms with Gasteiger partial charge < -0.3 is 9.47 Å². The van der Waals surface area contributed by atoms with Gasteiger partial charge >= 0.3 is 0 Å². The molecule has 1 aromatic carbocycles. The molecule has 4 heterocycles. The van der Waals surface area contributed by atoms with Gasteiger partial charge in [0.15, 0.2) is 6.10 Å². The first-order valence-electron chi connectivity index (χ1n) is 9.61. The lowest BCUT2D eigenvalue weighted by atomic mass is 9.73. The van der Waals surface area contributed by atoms with E-state index >= 15 is 0 Å². The molecule has 4 heteroatoms. The average molecular weight is 362 g/mol. The zero-order valence-electron chi connectivity index (χ0n) is 16.0. The molecule has 0 radical (unpaired) electrons. The number of aromatic nitrogens is 1. The zero-order valence-corrected chi connectivity index (χ0v) is 16.0. The number of methoxy groups -OCH3 is 1. The van der Waals surface area contributed by atoms with Crippen LogP contribution in [-0.4, -0.2) is 36.1 Å². The van der Waals surface area contributed by atoms with Gasteiger partial charge in [-0.25, -0.2) is 0 Å². The summed E-state index contributed by atoms with van der Waals surface area (Å²) in [5.41, 5.74) is 2.08. The van der Waals surface area contributed by atoms with E-state index in [1.807, 2.05) is 25.3 Å². The van der Waals surface area contributed by atoms with Crippen LogP contribution in [0.5, 0.6) is 5.75 Å². The molecule has 3 saturated heterocycles. The summed E-state index contributed by atoms with van der Waals surface area (Å²) in [6, 6.07) is 8.38. The molecule has 0 aliphatic carbocycles. The number of pyridine rings is 1. The number of nitrogens with zero attached hydrogens (tertiary/aromatic N) is 2. The Kier molecular flexibility index (Phi) is 5.05. The normalized spacial score (nSPS) is 27.5. The van der Waals surface area contributed by atoms with Crippen LogP contribution in [0.1, 0.15) is 31.4 Å². The topological polar surface area (TPSA) is 34.6 Å². The second kappa shape index (κ2) is 7.62. The molecule has 2 aromatic rings. The fourth-order valence-electron chi connectivity index (χ4n) is 4.69. The largest absolute Gasteiger partial charge is 0.497 e. The van der Waals surface area contributed by atoms with Gasteiger partial charge in [0.1, 0.15) is 11.9 Å². The maximum Gasteiger partial charge on any atom is 0.152 e. The van der Waals surface area contributed by atoms with E-state index in [0.29, 0.717) is 17.9 Å². The number of fused-ring (bicyclic) bond motifs is 4. The molecule has 0 N–H and O–H groups in total. The van der Waals surface area contributed by atoms with Crippen LogP contribution in [0.4, 0.5) is 0 Å². The van der Waals surface area contributed by atoms with Gasteiger partial charge in [0.2, 0.25) is 0 Å². The standard InChI is InChI=1S/C23H26N2O2/c1-4-12-27-23(22-13-17-9-11-25(22)15-16(17)5-2)19-8-10-24-21-7-6-18(26-3)14-20(19)21/h5-8,10,14,16-17,22-23H,2,9,11,13,15H2,1,3H3/t16-,17-,22+,23-/m0/s1. The molecule has 3 aliphatic rings. The quantitative estimate of drug-likeness (QED) is 0.590. The number of piperidine rings is 3. The van der Waals surface area contributed by atoms with Crippen LogP contribution in [0.25, 0.3) is 10.9 Å². The summed E-state index contributed by atoms with van der Waals surface area (Å²) in [6.45, 7) is 8.03. The van der Waals surface area contributed by atoms with E-state index in [1.165, 1.54) is 6.42 Å². The van der Waals surface area contributed by atoms with Crippen molar-refractivity contribution >= 4 is 10.9 Å². The summed E-state index contributed by atoms with van der Waals surface area (Å²) in [5.74, 6) is 4.99. The molecule has 27 heavy (non-hydrogen) atoms. The fraction of sp³-hybridized carbons (Fsp3) is 0.435. The second-order valence-corrected chi connectivity index (χ2v) is 7.42. The Labute approximate surface area is 161 Å². The van der Waals surface area contributed by atoms with E-state index < -0.39 is 0 Å². The summed E-state index contributed by atoms with van der Waals surface area (Å²) < 4.78 is 11.6. The van der Waals surface area contributed by atoms with Crippen LogP contribution in [-0.2, 0) is 4.74 Å². The second-order valence-electron chi connectivity index (χ2n) is 7.42. The van der Waals surface area contributed by atoms with E-state index in [2.05, 4.69) is 46.7 Å². The highest BCUT2D eigenvalue weighted by Gasteiger charge is 2.43. The maximum atomic E-state index is 6.12. The molecule has 1 unspecified atom stereocenters. The van der Waals surface area contributed by atoms with Crippen LogP contribution in [0, 0.1) is 23.9 Å². The van der Waals surface area contributed by atoms with Crippen molar-refractivity contribution < 1.29 is 9.47 Å². The molecule has 5 atom stereocenters. The van der Waals surface area contributed by atoms with Gasteiger partial charge in [0, 0.05) is 30.6 Å². The van der Waals surface area contributed by atoms with Crippen molar-refractivity contribution in [2.45, 2.75) is 31.9 Å². The Hall–Kier alpha value is -2.51. The first-order chi connectivity index (χ1) is 13.2. The van der Waals surface area contributed by atoms with Crippen molar-refractivity contribution in [1.82, 2.24) is 9.88 Å². The number of rotatable bonds is 5. The van der Waals surface area contributed by atoms with Gasteiger partial charge in [-0.3, -0.25) is 9.88 Å². The Morgan fingerprint density at radius 2 is 2.26 bits per heavy atom. The minimum absolute atomic E-state index is 0.108. The highest BCUT2D eigenvalue weighted by atomic mass is 16.5. The third-order valence-corrected chi connectivity index (χ3v) is 6.08. The van der Waals surface area contributed by atoms with Crippen LogP contribution in [0.2, 0.25) is 0 Å². The van der Waals surface area contributed by atoms with Crippen molar-refractivity contribution in [3.05, 3.63) is 48.7 Å². The number of ether oxygens (including phenoxy) is 2. The molecule has 0 saturated carbocycles. The Bertz CT molecular complexity index is 898. The van der Waals surface area contributed by atoms with Crippen molar-refractivity contribution in [3.8, 4) is 17.8 Å². The molecule has 5 rings (SSSR count). The highest BCUT2D eigenvalue weighted by Crippen LogP contribution is 2.43. The van der Waals surface area contributed by atoms with Gasteiger partial charge in [0.05, 0.1) is 18.7 Å². The molecule has 2 bridgehead atoms. The highest BCUT2D eigenvalue weighted by molar-refractivity contribution is 5.84. The van der Waals surface area contributed by atoms with Gasteiger partial charge in [-0.1, -0.05) is 12.0 Å². The minimum Gasteiger partial charge on any atom is -0.497 e. The molecular formula is C23H26N2O2. The van der Waals surface area contributed by atoms with Crippen LogP contribution < -0.4 is 4.74 Å². The van der Waals surface area contributed by atoms with Crippen molar-refractivity contribution in [1.29, 1.82) is 0 Å². The molecule has 4 nitrogen and oxygen atoms in total. The summed E-state index contributed by atoms with van der Waals surface area (Å²) in [6.07, 6.45) is 9.11. The monoisotopic (exact) mass is 362 g/mol. The molecule has 0 spiro atoms. The van der Waals surface area contributed by atoms with Gasteiger partial charge in [-0.2, -0.15) is 0 Å². The molecule has 0 amide bonds. The molecule has 1 aromatic heterocycles. The number of benzene rings is 1. The molecule has 3 aliphatic heterocycles. The lowest BCUT2D eigenvalue weighted by Crippen LogP contribution is -2.55. The lowest BCUT2D eigenvalue weighted by molar-refractivity contribution is -0.0443. The van der Waals surface area contributed by atoms with Crippen molar-refractivity contribution in [2.75, 3.05) is 20.2 Å². The first kappa shape index (κ1) is 17.9. The van der Waals surface area contributed by atoms with E-state index in [0.717, 1.165) is 41.7 Å². The van der Waals surface area contributed by atoms with Crippen molar-refractivity contribution in [2.24, 2.45) is 11.8 Å². The Morgan fingerprint density at radius 1 is 1.37 bits per heavy atom. The maximum absolute atomic E-state index is 6.12. The molecule has 140 valence electrons. The SMILES string of the molecule is C=C[C@H]1CN2CC[C@H]1C[C@@H]2[C@@H](OC#CC)c1ccnc2ccc(OC)cc12. The van der Waals surface area contributed by atoms with Crippen LogP contribution >= 0.6 is 0 Å². The summed E-state index contributed by atoms with van der Waals surface area (Å²) in [5, 5.41) is 1.07. The van der Waals surface area contributed by atoms with Crippen LogP contribution in [0.15, 0.2) is 43.1 Å². The number of hydrogen-bond donors (Lipinski definition) is 0. The zero-order chi connectivity index (χ0) is 18.8.